The van der Waals surface area contributed by atoms with Crippen LogP contribution in [0.15, 0.2) is 91.1 Å². The summed E-state index contributed by atoms with van der Waals surface area (Å²) < 4.78 is 0. The maximum Gasteiger partial charge on any atom is 0.187 e. The van der Waals surface area contributed by atoms with Gasteiger partial charge in [-0.1, -0.05) is 105 Å². The zero-order valence-electron chi connectivity index (χ0n) is 21.6. The Bertz CT molecular complexity index is 1140. The lowest BCUT2D eigenvalue weighted by Crippen LogP contribution is -1.90. The van der Waals surface area contributed by atoms with Crippen molar-refractivity contribution < 1.29 is 0 Å². The molecule has 0 saturated carbocycles. The first kappa shape index (κ1) is 28.4. The predicted octanol–water partition coefficient (Wildman–Crippen LogP) is 9.97. The Morgan fingerprint density at radius 3 is 2.26 bits per heavy atom. The number of nitrogens with zero attached hydrogens (tertiary/aromatic N) is 1. The number of thiazole rings is 1. The summed E-state index contributed by atoms with van der Waals surface area (Å²) in [5.74, 6) is 0. The molecule has 0 spiro atoms. The predicted molar refractivity (Wildman–Crippen MR) is 156 cm³/mol. The highest BCUT2D eigenvalue weighted by Gasteiger charge is 2.08. The van der Waals surface area contributed by atoms with Gasteiger partial charge in [0.1, 0.15) is 0 Å². The second kappa shape index (κ2) is 15.2. The highest BCUT2D eigenvalue weighted by Crippen LogP contribution is 2.28. The topological polar surface area (TPSA) is 24.9 Å². The normalized spacial score (nSPS) is 9.89. The van der Waals surface area contributed by atoms with Crippen LogP contribution in [0, 0.1) is 13.8 Å². The number of benzene rings is 3. The Kier molecular flexibility index (Phi) is 12.3. The molecule has 0 aliphatic heterocycles. The van der Waals surface area contributed by atoms with Gasteiger partial charge in [-0.25, -0.2) is 4.98 Å². The maximum absolute atomic E-state index is 6.30. The number of nitrogens with one attached hydrogen (secondary N) is 1. The SMILES string of the molecule is C=C(CC)Cc1ccccc1.CC.Cc1ccc(Nc2ncc(Cc3c(C)cccc3Cl)s2)cc1. The van der Waals surface area contributed by atoms with E-state index in [9.17, 15) is 0 Å². The maximum atomic E-state index is 6.30. The van der Waals surface area contributed by atoms with Gasteiger partial charge in [-0.05, 0) is 61.6 Å². The molecular formula is C31H37ClN2S. The van der Waals surface area contributed by atoms with Crippen LogP contribution in [0.25, 0.3) is 0 Å². The number of aromatic nitrogens is 1. The molecule has 0 fully saturated rings. The van der Waals surface area contributed by atoms with Crippen molar-refractivity contribution in [3.63, 3.8) is 0 Å². The average molecular weight is 505 g/mol. The quantitative estimate of drug-likeness (QED) is 0.253. The van der Waals surface area contributed by atoms with Gasteiger partial charge in [0.25, 0.3) is 0 Å². The highest BCUT2D eigenvalue weighted by molar-refractivity contribution is 7.15. The summed E-state index contributed by atoms with van der Waals surface area (Å²) in [7, 11) is 0. The van der Waals surface area contributed by atoms with E-state index >= 15 is 0 Å². The fourth-order valence-corrected chi connectivity index (χ4v) is 4.41. The highest BCUT2D eigenvalue weighted by atomic mass is 35.5. The molecule has 4 heteroatoms. The molecule has 4 rings (SSSR count). The lowest BCUT2D eigenvalue weighted by Gasteiger charge is -2.06. The van der Waals surface area contributed by atoms with E-state index in [1.165, 1.54) is 32.7 Å². The van der Waals surface area contributed by atoms with Gasteiger partial charge in [-0.3, -0.25) is 0 Å². The van der Waals surface area contributed by atoms with Crippen LogP contribution >= 0.6 is 22.9 Å². The molecule has 0 aliphatic rings. The van der Waals surface area contributed by atoms with Gasteiger partial charge in [-0.15, -0.1) is 11.3 Å². The summed E-state index contributed by atoms with van der Waals surface area (Å²) in [5, 5.41) is 5.07. The molecule has 1 N–H and O–H groups in total. The first-order valence-corrected chi connectivity index (χ1v) is 13.4. The van der Waals surface area contributed by atoms with Crippen molar-refractivity contribution >= 4 is 33.8 Å². The van der Waals surface area contributed by atoms with Gasteiger partial charge >= 0.3 is 0 Å². The van der Waals surface area contributed by atoms with Crippen LogP contribution in [0.1, 0.15) is 54.3 Å². The van der Waals surface area contributed by atoms with E-state index in [0.717, 1.165) is 35.1 Å². The van der Waals surface area contributed by atoms with E-state index in [-0.39, 0.29) is 0 Å². The Morgan fingerprint density at radius 2 is 1.63 bits per heavy atom. The second-order valence-electron chi connectivity index (χ2n) is 8.10. The van der Waals surface area contributed by atoms with Crippen molar-refractivity contribution in [3.8, 4) is 0 Å². The number of hydrogen-bond donors (Lipinski definition) is 1. The van der Waals surface area contributed by atoms with Crippen LogP contribution in [0.3, 0.4) is 0 Å². The van der Waals surface area contributed by atoms with E-state index in [4.69, 9.17) is 11.6 Å². The molecule has 0 atom stereocenters. The standard InChI is InChI=1S/C18H17ClN2S.C11H14.C2H6/c1-12-6-8-14(9-7-12)21-18-20-11-15(22-18)10-16-13(2)4-3-5-17(16)19;1-3-10(2)9-11-7-5-4-6-8-11;1-2/h3-9,11H,10H2,1-2H3,(H,20,21);4-8H,2-3,9H2,1H3;1-2H3. The van der Waals surface area contributed by atoms with Gasteiger partial charge in [-0.2, -0.15) is 0 Å². The number of rotatable bonds is 7. The second-order valence-corrected chi connectivity index (χ2v) is 9.62. The molecule has 3 aromatic carbocycles. The summed E-state index contributed by atoms with van der Waals surface area (Å²) in [6.07, 6.45) is 4.84. The molecule has 1 heterocycles. The van der Waals surface area contributed by atoms with Crippen LogP contribution in [0.2, 0.25) is 5.02 Å². The molecule has 0 bridgehead atoms. The van der Waals surface area contributed by atoms with Crippen molar-refractivity contribution in [1.82, 2.24) is 4.98 Å². The summed E-state index contributed by atoms with van der Waals surface area (Å²) in [6.45, 7) is 14.3. The van der Waals surface area contributed by atoms with Crippen molar-refractivity contribution in [2.75, 3.05) is 5.32 Å². The van der Waals surface area contributed by atoms with Crippen LogP contribution in [0.4, 0.5) is 10.8 Å². The van der Waals surface area contributed by atoms with Gasteiger partial charge < -0.3 is 5.32 Å². The Labute approximate surface area is 220 Å². The molecule has 4 aromatic rings. The van der Waals surface area contributed by atoms with E-state index < -0.39 is 0 Å². The molecule has 0 amide bonds. The molecule has 0 aliphatic carbocycles. The first-order chi connectivity index (χ1) is 16.9. The fraction of sp³-hybridized carbons (Fsp3) is 0.258. The van der Waals surface area contributed by atoms with Crippen LogP contribution < -0.4 is 5.32 Å². The summed E-state index contributed by atoms with van der Waals surface area (Å²) in [4.78, 5) is 5.65. The number of halogens is 1. The number of hydrogen-bond acceptors (Lipinski definition) is 3. The molecule has 35 heavy (non-hydrogen) atoms. The molecule has 0 unspecified atom stereocenters. The summed E-state index contributed by atoms with van der Waals surface area (Å²) in [6, 6.07) is 24.8. The molecule has 0 radical (unpaired) electrons. The minimum atomic E-state index is 0.818. The smallest absolute Gasteiger partial charge is 0.187 e. The fourth-order valence-electron chi connectivity index (χ4n) is 3.28. The number of allylic oxidation sites excluding steroid dienone is 1. The minimum Gasteiger partial charge on any atom is -0.332 e. The minimum absolute atomic E-state index is 0.818. The van der Waals surface area contributed by atoms with Gasteiger partial charge in [0.2, 0.25) is 0 Å². The number of anilines is 2. The Hall–Kier alpha value is -2.88. The van der Waals surface area contributed by atoms with E-state index in [1.807, 2.05) is 38.2 Å². The lowest BCUT2D eigenvalue weighted by molar-refractivity contribution is 1.01. The van der Waals surface area contributed by atoms with Crippen LogP contribution in [0.5, 0.6) is 0 Å². The van der Waals surface area contributed by atoms with Crippen molar-refractivity contribution in [2.24, 2.45) is 0 Å². The van der Waals surface area contributed by atoms with Crippen molar-refractivity contribution in [3.05, 3.63) is 123 Å². The van der Waals surface area contributed by atoms with Gasteiger partial charge in [0.05, 0.1) is 0 Å². The van der Waals surface area contributed by atoms with E-state index in [2.05, 4.69) is 92.2 Å². The number of aryl methyl sites for hydroxylation is 2. The zero-order chi connectivity index (χ0) is 25.6. The largest absolute Gasteiger partial charge is 0.332 e. The van der Waals surface area contributed by atoms with Crippen LogP contribution in [-0.4, -0.2) is 4.98 Å². The van der Waals surface area contributed by atoms with Crippen molar-refractivity contribution in [2.45, 2.75) is 53.9 Å². The van der Waals surface area contributed by atoms with Crippen molar-refractivity contribution in [1.29, 1.82) is 0 Å². The zero-order valence-corrected chi connectivity index (χ0v) is 23.1. The lowest BCUT2D eigenvalue weighted by atomic mass is 10.1. The monoisotopic (exact) mass is 504 g/mol. The summed E-state index contributed by atoms with van der Waals surface area (Å²) >= 11 is 7.96. The average Bonchev–Trinajstić information content (AvgIpc) is 3.32. The first-order valence-electron chi connectivity index (χ1n) is 12.2. The van der Waals surface area contributed by atoms with Crippen LogP contribution in [-0.2, 0) is 12.8 Å². The third kappa shape index (κ3) is 9.71. The van der Waals surface area contributed by atoms with E-state index in [0.29, 0.717) is 0 Å². The molecular weight excluding hydrogens is 468 g/mol. The Morgan fingerprint density at radius 1 is 0.943 bits per heavy atom. The van der Waals surface area contributed by atoms with Gasteiger partial charge in [0.15, 0.2) is 5.13 Å². The third-order valence-corrected chi connectivity index (χ3v) is 6.62. The third-order valence-electron chi connectivity index (χ3n) is 5.36. The van der Waals surface area contributed by atoms with E-state index in [1.54, 1.807) is 11.3 Å². The summed E-state index contributed by atoms with van der Waals surface area (Å²) in [5.41, 5.74) is 7.36. The Balaban J connectivity index is 0.000000280. The molecule has 2 nitrogen and oxygen atoms in total. The molecule has 184 valence electrons. The molecule has 1 aromatic heterocycles. The molecule has 0 saturated heterocycles. The van der Waals surface area contributed by atoms with Gasteiger partial charge in [0, 0.05) is 28.2 Å².